The summed E-state index contributed by atoms with van der Waals surface area (Å²) >= 11 is 0. The number of methoxy groups -OCH3 is 1. The van der Waals surface area contributed by atoms with Gasteiger partial charge in [0, 0.05) is 18.2 Å². The molecule has 3 N–H and O–H groups in total. The molecule has 1 aromatic carbocycles. The lowest BCUT2D eigenvalue weighted by molar-refractivity contribution is 0.415. The largest absolute Gasteiger partial charge is 0.497 e. The number of anilines is 1. The number of nitrogens with one attached hydrogen (secondary N) is 1. The Bertz CT molecular complexity index is 525. The average molecular weight is 258 g/mol. The highest BCUT2D eigenvalue weighted by atomic mass is 16.5. The molecule has 0 spiro atoms. The summed E-state index contributed by atoms with van der Waals surface area (Å²) in [6.07, 6.45) is 0. The first-order chi connectivity index (χ1) is 9.19. The lowest BCUT2D eigenvalue weighted by Gasteiger charge is -2.08. The molecule has 19 heavy (non-hydrogen) atoms. The minimum absolute atomic E-state index is 0.0832. The van der Waals surface area contributed by atoms with E-state index in [4.69, 9.17) is 10.5 Å². The van der Waals surface area contributed by atoms with Crippen molar-refractivity contribution in [2.45, 2.75) is 13.0 Å². The Morgan fingerprint density at radius 2 is 2.11 bits per heavy atom. The van der Waals surface area contributed by atoms with Gasteiger partial charge in [-0.2, -0.15) is 0 Å². The SMILES string of the molecule is COc1cccc(-c2ccc(NCC(C)N)nn2)c1. The molecular weight excluding hydrogens is 240 g/mol. The number of benzene rings is 1. The third-order valence-corrected chi connectivity index (χ3v) is 2.64. The lowest BCUT2D eigenvalue weighted by Crippen LogP contribution is -2.25. The molecule has 1 unspecified atom stereocenters. The number of ether oxygens (including phenoxy) is 1. The van der Waals surface area contributed by atoms with Gasteiger partial charge in [-0.3, -0.25) is 0 Å². The zero-order valence-electron chi connectivity index (χ0n) is 11.1. The van der Waals surface area contributed by atoms with E-state index in [0.29, 0.717) is 6.54 Å². The molecule has 1 heterocycles. The van der Waals surface area contributed by atoms with E-state index in [1.165, 1.54) is 0 Å². The fourth-order valence-electron chi connectivity index (χ4n) is 1.63. The zero-order valence-corrected chi connectivity index (χ0v) is 11.1. The van der Waals surface area contributed by atoms with Gasteiger partial charge < -0.3 is 15.8 Å². The van der Waals surface area contributed by atoms with Crippen LogP contribution < -0.4 is 15.8 Å². The highest BCUT2D eigenvalue weighted by molar-refractivity contribution is 5.61. The normalized spacial score (nSPS) is 11.9. The van der Waals surface area contributed by atoms with Crippen LogP contribution in [0.1, 0.15) is 6.92 Å². The molecule has 1 aromatic heterocycles. The molecule has 1 atom stereocenters. The first kappa shape index (κ1) is 13.3. The summed E-state index contributed by atoms with van der Waals surface area (Å²) in [6.45, 7) is 2.61. The minimum Gasteiger partial charge on any atom is -0.497 e. The third kappa shape index (κ3) is 3.66. The van der Waals surface area contributed by atoms with E-state index < -0.39 is 0 Å². The van der Waals surface area contributed by atoms with Crippen molar-refractivity contribution < 1.29 is 4.74 Å². The van der Waals surface area contributed by atoms with Crippen LogP contribution in [0.15, 0.2) is 36.4 Å². The summed E-state index contributed by atoms with van der Waals surface area (Å²) in [5.41, 5.74) is 7.46. The highest BCUT2D eigenvalue weighted by Crippen LogP contribution is 2.21. The molecule has 0 bridgehead atoms. The number of rotatable bonds is 5. The van der Waals surface area contributed by atoms with Gasteiger partial charge >= 0.3 is 0 Å². The Hall–Kier alpha value is -2.14. The molecule has 0 aliphatic rings. The molecular formula is C14H18N4O. The van der Waals surface area contributed by atoms with Crippen LogP contribution in [0.25, 0.3) is 11.3 Å². The fraction of sp³-hybridized carbons (Fsp3) is 0.286. The summed E-state index contributed by atoms with van der Waals surface area (Å²) < 4.78 is 5.19. The molecule has 0 saturated carbocycles. The van der Waals surface area contributed by atoms with Gasteiger partial charge in [0.05, 0.1) is 12.8 Å². The predicted octanol–water partition coefficient (Wildman–Crippen LogP) is 1.91. The van der Waals surface area contributed by atoms with E-state index in [1.807, 2.05) is 43.3 Å². The van der Waals surface area contributed by atoms with E-state index in [9.17, 15) is 0 Å². The molecule has 0 aliphatic heterocycles. The summed E-state index contributed by atoms with van der Waals surface area (Å²) in [5, 5.41) is 11.4. The smallest absolute Gasteiger partial charge is 0.148 e. The number of hydrogen-bond acceptors (Lipinski definition) is 5. The minimum atomic E-state index is 0.0832. The van der Waals surface area contributed by atoms with E-state index >= 15 is 0 Å². The van der Waals surface area contributed by atoms with Crippen molar-refractivity contribution in [3.05, 3.63) is 36.4 Å². The first-order valence-electron chi connectivity index (χ1n) is 6.16. The Morgan fingerprint density at radius 3 is 2.74 bits per heavy atom. The zero-order chi connectivity index (χ0) is 13.7. The molecule has 0 saturated heterocycles. The van der Waals surface area contributed by atoms with Gasteiger partial charge in [-0.25, -0.2) is 0 Å². The molecule has 5 heteroatoms. The average Bonchev–Trinajstić information content (AvgIpc) is 2.45. The van der Waals surface area contributed by atoms with Crippen LogP contribution in [0.4, 0.5) is 5.82 Å². The van der Waals surface area contributed by atoms with E-state index in [1.54, 1.807) is 7.11 Å². The van der Waals surface area contributed by atoms with Gasteiger partial charge in [0.2, 0.25) is 0 Å². The second-order valence-corrected chi connectivity index (χ2v) is 4.39. The summed E-state index contributed by atoms with van der Waals surface area (Å²) in [4.78, 5) is 0. The van der Waals surface area contributed by atoms with E-state index in [2.05, 4.69) is 15.5 Å². The molecule has 0 aliphatic carbocycles. The molecule has 0 fully saturated rings. The van der Waals surface area contributed by atoms with Gasteiger partial charge in [-0.1, -0.05) is 12.1 Å². The standard InChI is InChI=1S/C14H18N4O/c1-10(15)9-16-14-7-6-13(17-18-14)11-4-3-5-12(8-11)19-2/h3-8,10H,9,15H2,1-2H3,(H,16,18). The predicted molar refractivity (Wildman–Crippen MR) is 76.2 cm³/mol. The first-order valence-corrected chi connectivity index (χ1v) is 6.16. The topological polar surface area (TPSA) is 73.1 Å². The number of hydrogen-bond donors (Lipinski definition) is 2. The van der Waals surface area contributed by atoms with Crippen LogP contribution >= 0.6 is 0 Å². The Kier molecular flexibility index (Phi) is 4.30. The van der Waals surface area contributed by atoms with Crippen LogP contribution in [-0.2, 0) is 0 Å². The summed E-state index contributed by atoms with van der Waals surface area (Å²) in [5.74, 6) is 1.53. The van der Waals surface area contributed by atoms with Gasteiger partial charge in [0.1, 0.15) is 11.6 Å². The van der Waals surface area contributed by atoms with Crippen molar-refractivity contribution in [3.8, 4) is 17.0 Å². The molecule has 0 radical (unpaired) electrons. The molecule has 100 valence electrons. The second-order valence-electron chi connectivity index (χ2n) is 4.39. The molecule has 5 nitrogen and oxygen atoms in total. The van der Waals surface area contributed by atoms with E-state index in [0.717, 1.165) is 22.8 Å². The van der Waals surface area contributed by atoms with Crippen LogP contribution in [0, 0.1) is 0 Å². The van der Waals surface area contributed by atoms with Gasteiger partial charge in [-0.15, -0.1) is 10.2 Å². The molecule has 0 amide bonds. The number of nitrogens with two attached hydrogens (primary N) is 1. The summed E-state index contributed by atoms with van der Waals surface area (Å²) in [7, 11) is 1.64. The maximum absolute atomic E-state index is 5.67. The maximum Gasteiger partial charge on any atom is 0.148 e. The fourth-order valence-corrected chi connectivity index (χ4v) is 1.63. The Labute approximate surface area is 112 Å². The van der Waals surface area contributed by atoms with Crippen molar-refractivity contribution in [1.82, 2.24) is 10.2 Å². The third-order valence-electron chi connectivity index (χ3n) is 2.64. The van der Waals surface area contributed by atoms with Crippen molar-refractivity contribution in [2.75, 3.05) is 19.0 Å². The Balaban J connectivity index is 2.13. The van der Waals surface area contributed by atoms with Crippen molar-refractivity contribution in [3.63, 3.8) is 0 Å². The van der Waals surface area contributed by atoms with Gasteiger partial charge in [-0.05, 0) is 31.2 Å². The molecule has 2 rings (SSSR count). The Morgan fingerprint density at radius 1 is 1.26 bits per heavy atom. The molecule has 2 aromatic rings. The van der Waals surface area contributed by atoms with E-state index in [-0.39, 0.29) is 6.04 Å². The van der Waals surface area contributed by atoms with Gasteiger partial charge in [0.15, 0.2) is 0 Å². The van der Waals surface area contributed by atoms with Crippen molar-refractivity contribution in [2.24, 2.45) is 5.73 Å². The van der Waals surface area contributed by atoms with Crippen LogP contribution in [0.3, 0.4) is 0 Å². The highest BCUT2D eigenvalue weighted by Gasteiger charge is 2.03. The second kappa shape index (κ2) is 6.15. The van der Waals surface area contributed by atoms with Crippen LogP contribution in [0.2, 0.25) is 0 Å². The maximum atomic E-state index is 5.67. The van der Waals surface area contributed by atoms with Crippen molar-refractivity contribution in [1.29, 1.82) is 0 Å². The number of aromatic nitrogens is 2. The quantitative estimate of drug-likeness (QED) is 0.857. The van der Waals surface area contributed by atoms with Crippen LogP contribution in [-0.4, -0.2) is 29.9 Å². The monoisotopic (exact) mass is 258 g/mol. The lowest BCUT2D eigenvalue weighted by atomic mass is 10.1. The summed E-state index contributed by atoms with van der Waals surface area (Å²) in [6, 6.07) is 11.6. The van der Waals surface area contributed by atoms with Crippen LogP contribution in [0.5, 0.6) is 5.75 Å². The number of nitrogens with zero attached hydrogens (tertiary/aromatic N) is 2. The van der Waals surface area contributed by atoms with Crippen molar-refractivity contribution >= 4 is 5.82 Å². The van der Waals surface area contributed by atoms with Gasteiger partial charge in [0.25, 0.3) is 0 Å².